The van der Waals surface area contributed by atoms with Crippen LogP contribution in [-0.4, -0.2) is 27.3 Å². The summed E-state index contributed by atoms with van der Waals surface area (Å²) in [7, 11) is 0. The molecule has 1 N–H and O–H groups in total. The predicted octanol–water partition coefficient (Wildman–Crippen LogP) is 3.08. The first kappa shape index (κ1) is 17.6. The smallest absolute Gasteiger partial charge is 0.313 e. The van der Waals surface area contributed by atoms with Gasteiger partial charge in [0, 0.05) is 19.0 Å². The van der Waals surface area contributed by atoms with Gasteiger partial charge in [-0.15, -0.1) is 0 Å². The van der Waals surface area contributed by atoms with E-state index in [1.807, 2.05) is 4.68 Å². The molecule has 0 saturated carbocycles. The fraction of sp³-hybridized carbons (Fsp3) is 0.800. The summed E-state index contributed by atoms with van der Waals surface area (Å²) in [5, 5.41) is 19.2. The number of nitrogens with zero attached hydrogens (tertiary/aromatic N) is 3. The summed E-state index contributed by atoms with van der Waals surface area (Å²) in [6.45, 7) is 11.8. The third kappa shape index (κ3) is 4.81. The van der Waals surface area contributed by atoms with E-state index in [0.29, 0.717) is 18.0 Å². The van der Waals surface area contributed by atoms with Crippen LogP contribution in [0.25, 0.3) is 0 Å². The Bertz CT molecular complexity index is 468. The molecule has 6 nitrogen and oxygen atoms in total. The van der Waals surface area contributed by atoms with Crippen molar-refractivity contribution in [1.29, 1.82) is 0 Å². The first-order chi connectivity index (χ1) is 9.90. The van der Waals surface area contributed by atoms with Gasteiger partial charge < -0.3 is 5.32 Å². The number of likely N-dealkylation sites (N-methyl/N-ethyl adjacent to an activating group) is 1. The molecule has 0 saturated heterocycles. The van der Waals surface area contributed by atoms with Gasteiger partial charge in [0.05, 0.1) is 4.92 Å². The molecule has 1 atom stereocenters. The summed E-state index contributed by atoms with van der Waals surface area (Å²) < 4.78 is 1.82. The van der Waals surface area contributed by atoms with Gasteiger partial charge in [-0.2, -0.15) is 5.10 Å². The predicted molar refractivity (Wildman–Crippen MR) is 84.5 cm³/mol. The quantitative estimate of drug-likeness (QED) is 0.561. The molecule has 0 aliphatic rings. The Labute approximate surface area is 127 Å². The minimum atomic E-state index is -0.289. The first-order valence-electron chi connectivity index (χ1n) is 7.84. The van der Waals surface area contributed by atoms with Crippen LogP contribution in [0.3, 0.4) is 0 Å². The van der Waals surface area contributed by atoms with Crippen LogP contribution in [0.2, 0.25) is 0 Å². The van der Waals surface area contributed by atoms with Crippen molar-refractivity contribution in [2.75, 3.05) is 6.54 Å². The molecule has 1 unspecified atom stereocenters. The maximum Gasteiger partial charge on any atom is 0.313 e. The van der Waals surface area contributed by atoms with Gasteiger partial charge in [-0.05, 0) is 32.2 Å². The zero-order chi connectivity index (χ0) is 16.0. The summed E-state index contributed by atoms with van der Waals surface area (Å²) >= 11 is 0. The van der Waals surface area contributed by atoms with Gasteiger partial charge in [-0.3, -0.25) is 14.8 Å². The molecule has 1 aromatic rings. The highest BCUT2D eigenvalue weighted by molar-refractivity contribution is 5.41. The van der Waals surface area contributed by atoms with Crippen LogP contribution >= 0.6 is 0 Å². The number of nitro groups is 1. The van der Waals surface area contributed by atoms with Gasteiger partial charge in [0.15, 0.2) is 0 Å². The number of aromatic nitrogens is 2. The van der Waals surface area contributed by atoms with Crippen LogP contribution in [0.5, 0.6) is 0 Å². The van der Waals surface area contributed by atoms with Crippen molar-refractivity contribution in [2.45, 2.75) is 66.5 Å². The Hall–Kier alpha value is -1.43. The second-order valence-corrected chi connectivity index (χ2v) is 5.95. The highest BCUT2D eigenvalue weighted by Gasteiger charge is 2.27. The zero-order valence-electron chi connectivity index (χ0n) is 13.8. The summed E-state index contributed by atoms with van der Waals surface area (Å²) in [6.07, 6.45) is 2.58. The maximum absolute atomic E-state index is 11.4. The molecule has 1 aromatic heterocycles. The standard InChI is InChI=1S/C15H28N4O2/c1-6-8-18-14(15(19(20)21)12(5)17-18)10-13(16-7-2)9-11(3)4/h11,13,16H,6-10H2,1-5H3. The molecule has 0 radical (unpaired) electrons. The number of aryl methyl sites for hydroxylation is 2. The topological polar surface area (TPSA) is 73.0 Å². The van der Waals surface area contributed by atoms with Crippen LogP contribution in [0.1, 0.15) is 51.9 Å². The summed E-state index contributed by atoms with van der Waals surface area (Å²) in [4.78, 5) is 11.1. The summed E-state index contributed by atoms with van der Waals surface area (Å²) in [6, 6.07) is 0.250. The molecule has 120 valence electrons. The van der Waals surface area contributed by atoms with Crippen molar-refractivity contribution in [3.05, 3.63) is 21.5 Å². The number of hydrogen-bond acceptors (Lipinski definition) is 4. The van der Waals surface area contributed by atoms with E-state index >= 15 is 0 Å². The number of rotatable bonds is 9. The molecule has 0 spiro atoms. The molecule has 0 amide bonds. The fourth-order valence-corrected chi connectivity index (χ4v) is 2.79. The summed E-state index contributed by atoms with van der Waals surface area (Å²) in [5.41, 5.74) is 1.46. The second kappa shape index (κ2) is 8.12. The van der Waals surface area contributed by atoms with Crippen molar-refractivity contribution < 1.29 is 4.92 Å². The molecule has 0 aliphatic carbocycles. The number of hydrogen-bond donors (Lipinski definition) is 1. The summed E-state index contributed by atoms with van der Waals surface area (Å²) in [5.74, 6) is 0.553. The molecule has 21 heavy (non-hydrogen) atoms. The lowest BCUT2D eigenvalue weighted by molar-refractivity contribution is -0.386. The normalized spacial score (nSPS) is 12.9. The first-order valence-corrected chi connectivity index (χ1v) is 7.84. The molecule has 0 aliphatic heterocycles. The average Bonchev–Trinajstić information content (AvgIpc) is 2.65. The fourth-order valence-electron chi connectivity index (χ4n) is 2.79. The van der Waals surface area contributed by atoms with E-state index in [4.69, 9.17) is 0 Å². The minimum Gasteiger partial charge on any atom is -0.314 e. The van der Waals surface area contributed by atoms with Crippen molar-refractivity contribution in [3.63, 3.8) is 0 Å². The van der Waals surface area contributed by atoms with Crippen LogP contribution < -0.4 is 5.32 Å². The lowest BCUT2D eigenvalue weighted by atomic mass is 9.99. The van der Waals surface area contributed by atoms with Crippen molar-refractivity contribution in [2.24, 2.45) is 5.92 Å². The van der Waals surface area contributed by atoms with Gasteiger partial charge in [0.1, 0.15) is 11.4 Å². The molecule has 0 bridgehead atoms. The second-order valence-electron chi connectivity index (χ2n) is 5.95. The van der Waals surface area contributed by atoms with Crippen molar-refractivity contribution in [1.82, 2.24) is 15.1 Å². The van der Waals surface area contributed by atoms with E-state index in [9.17, 15) is 10.1 Å². The Balaban J connectivity index is 3.09. The van der Waals surface area contributed by atoms with E-state index in [1.54, 1.807) is 6.92 Å². The largest absolute Gasteiger partial charge is 0.314 e. The maximum atomic E-state index is 11.4. The van der Waals surface area contributed by atoms with E-state index in [0.717, 1.165) is 31.6 Å². The highest BCUT2D eigenvalue weighted by atomic mass is 16.6. The Kier molecular flexibility index (Phi) is 6.81. The van der Waals surface area contributed by atoms with Crippen molar-refractivity contribution >= 4 is 5.69 Å². The van der Waals surface area contributed by atoms with Gasteiger partial charge in [-0.25, -0.2) is 0 Å². The van der Waals surface area contributed by atoms with Crippen LogP contribution in [0, 0.1) is 23.0 Å². The third-order valence-corrected chi connectivity index (χ3v) is 3.50. The van der Waals surface area contributed by atoms with Crippen LogP contribution in [-0.2, 0) is 13.0 Å². The molecule has 1 rings (SSSR count). The van der Waals surface area contributed by atoms with Gasteiger partial charge >= 0.3 is 5.69 Å². The monoisotopic (exact) mass is 296 g/mol. The lowest BCUT2D eigenvalue weighted by Gasteiger charge is -2.20. The number of nitrogens with one attached hydrogen (secondary N) is 1. The molecule has 0 fully saturated rings. The average molecular weight is 296 g/mol. The SMILES string of the molecule is CCCn1nc(C)c([N+](=O)[O-])c1CC(CC(C)C)NCC. The van der Waals surface area contributed by atoms with E-state index < -0.39 is 0 Å². The van der Waals surface area contributed by atoms with Gasteiger partial charge in [0.2, 0.25) is 0 Å². The van der Waals surface area contributed by atoms with Gasteiger partial charge in [-0.1, -0.05) is 27.7 Å². The minimum absolute atomic E-state index is 0.190. The molecule has 1 heterocycles. The molecule has 0 aromatic carbocycles. The zero-order valence-corrected chi connectivity index (χ0v) is 13.8. The molecular formula is C15H28N4O2. The molecule has 6 heteroatoms. The van der Waals surface area contributed by atoms with Crippen LogP contribution in [0.15, 0.2) is 0 Å². The Morgan fingerprint density at radius 3 is 2.52 bits per heavy atom. The Morgan fingerprint density at radius 2 is 2.05 bits per heavy atom. The van der Waals surface area contributed by atoms with Crippen LogP contribution in [0.4, 0.5) is 5.69 Å². The molecular weight excluding hydrogens is 268 g/mol. The van der Waals surface area contributed by atoms with E-state index in [1.165, 1.54) is 0 Å². The third-order valence-electron chi connectivity index (χ3n) is 3.50. The Morgan fingerprint density at radius 1 is 1.38 bits per heavy atom. The van der Waals surface area contributed by atoms with E-state index in [2.05, 4.69) is 38.1 Å². The van der Waals surface area contributed by atoms with Gasteiger partial charge in [0.25, 0.3) is 0 Å². The van der Waals surface area contributed by atoms with E-state index in [-0.39, 0.29) is 16.7 Å². The highest BCUT2D eigenvalue weighted by Crippen LogP contribution is 2.25. The van der Waals surface area contributed by atoms with Crippen molar-refractivity contribution in [3.8, 4) is 0 Å². The lowest BCUT2D eigenvalue weighted by Crippen LogP contribution is -2.33.